The highest BCUT2D eigenvalue weighted by Gasteiger charge is 2.63. The minimum atomic E-state index is -0.737. The van der Waals surface area contributed by atoms with Crippen LogP contribution in [0.3, 0.4) is 0 Å². The quantitative estimate of drug-likeness (QED) is 0.311. The first kappa shape index (κ1) is 28.2. The molecule has 212 valence electrons. The number of aliphatic carboxylic acids is 1. The van der Waals surface area contributed by atoms with Gasteiger partial charge in [-0.05, 0) is 102 Å². The highest BCUT2D eigenvalue weighted by molar-refractivity contribution is 5.79. The molecule has 1 fully saturated rings. The molecule has 2 aliphatic rings. The second-order valence-electron chi connectivity index (χ2n) is 12.6. The predicted octanol–water partition coefficient (Wildman–Crippen LogP) is 7.88. The van der Waals surface area contributed by atoms with Crippen molar-refractivity contribution < 1.29 is 28.5 Å². The Balaban J connectivity index is 1.47. The Morgan fingerprint density at radius 2 is 1.73 bits per heavy atom. The van der Waals surface area contributed by atoms with Crippen molar-refractivity contribution >= 4 is 5.97 Å². The smallest absolute Gasteiger partial charge is 0.310 e. The van der Waals surface area contributed by atoms with Crippen LogP contribution >= 0.6 is 0 Å². The molecule has 0 unspecified atom stereocenters. The third-order valence-electron chi connectivity index (χ3n) is 9.29. The summed E-state index contributed by atoms with van der Waals surface area (Å²) < 4.78 is 32.7. The summed E-state index contributed by atoms with van der Waals surface area (Å²) in [5, 5.41) is 9.99. The van der Waals surface area contributed by atoms with E-state index < -0.39 is 11.4 Å². The molecule has 1 saturated carbocycles. The van der Waals surface area contributed by atoms with Crippen LogP contribution in [-0.2, 0) is 28.0 Å². The summed E-state index contributed by atoms with van der Waals surface area (Å²) >= 11 is 0. The normalized spacial score (nSPS) is 22.5. The molecule has 5 rings (SSSR count). The Labute approximate surface area is 236 Å². The van der Waals surface area contributed by atoms with E-state index in [1.165, 1.54) is 11.6 Å². The summed E-state index contributed by atoms with van der Waals surface area (Å²) in [5.74, 6) is 0.262. The van der Waals surface area contributed by atoms with Gasteiger partial charge in [-0.1, -0.05) is 39.0 Å². The third-order valence-corrected chi connectivity index (χ3v) is 9.29. The summed E-state index contributed by atoms with van der Waals surface area (Å²) in [7, 11) is 3.25. The maximum atomic E-state index is 15.1. The van der Waals surface area contributed by atoms with Crippen molar-refractivity contribution in [3.05, 3.63) is 82.7 Å². The first-order valence-corrected chi connectivity index (χ1v) is 13.9. The zero-order valence-electron chi connectivity index (χ0n) is 24.3. The molecule has 3 aromatic rings. The number of rotatable bonds is 8. The van der Waals surface area contributed by atoms with E-state index in [4.69, 9.17) is 14.2 Å². The summed E-state index contributed by atoms with van der Waals surface area (Å²) in [6.07, 6.45) is 3.06. The van der Waals surface area contributed by atoms with E-state index in [0.29, 0.717) is 24.3 Å². The number of methoxy groups -OCH3 is 2. The van der Waals surface area contributed by atoms with Crippen molar-refractivity contribution in [3.8, 4) is 22.6 Å². The number of carbonyl (C=O) groups is 1. The number of benzene rings is 3. The van der Waals surface area contributed by atoms with Crippen LogP contribution < -0.4 is 9.47 Å². The molecule has 0 amide bonds. The van der Waals surface area contributed by atoms with E-state index in [2.05, 4.69) is 32.9 Å². The number of ether oxygens (including phenoxy) is 3. The van der Waals surface area contributed by atoms with Crippen molar-refractivity contribution in [2.24, 2.45) is 10.8 Å². The lowest BCUT2D eigenvalue weighted by Gasteiger charge is -2.54. The van der Waals surface area contributed by atoms with Crippen LogP contribution in [0.4, 0.5) is 4.39 Å². The zero-order valence-corrected chi connectivity index (χ0v) is 24.3. The van der Waals surface area contributed by atoms with Gasteiger partial charge in [0, 0.05) is 18.1 Å². The van der Waals surface area contributed by atoms with E-state index in [1.54, 1.807) is 26.4 Å². The number of carboxylic acids is 1. The molecular formula is C34H39FO5. The monoisotopic (exact) mass is 546 g/mol. The Kier molecular flexibility index (Phi) is 7.20. The van der Waals surface area contributed by atoms with Gasteiger partial charge in [0.25, 0.3) is 0 Å². The van der Waals surface area contributed by atoms with Crippen LogP contribution in [0, 0.1) is 16.6 Å². The summed E-state index contributed by atoms with van der Waals surface area (Å²) in [4.78, 5) is 12.2. The molecule has 0 heterocycles. The number of hydrogen-bond acceptors (Lipinski definition) is 4. The number of halogens is 1. The molecule has 3 aromatic carbocycles. The fraction of sp³-hybridized carbons (Fsp3) is 0.441. The van der Waals surface area contributed by atoms with E-state index >= 15 is 4.39 Å². The van der Waals surface area contributed by atoms with Crippen molar-refractivity contribution in [2.45, 2.75) is 71.5 Å². The van der Waals surface area contributed by atoms with Crippen molar-refractivity contribution in [3.63, 3.8) is 0 Å². The summed E-state index contributed by atoms with van der Waals surface area (Å²) in [6, 6.07) is 16.8. The van der Waals surface area contributed by atoms with Crippen molar-refractivity contribution in [1.82, 2.24) is 0 Å². The summed E-state index contributed by atoms with van der Waals surface area (Å²) in [5.41, 5.74) is 4.06. The molecule has 5 nitrogen and oxygen atoms in total. The van der Waals surface area contributed by atoms with Crippen LogP contribution in [0.2, 0.25) is 0 Å². The molecule has 40 heavy (non-hydrogen) atoms. The lowest BCUT2D eigenvalue weighted by Crippen LogP contribution is -2.56. The lowest BCUT2D eigenvalue weighted by atomic mass is 9.48. The van der Waals surface area contributed by atoms with Crippen molar-refractivity contribution in [1.29, 1.82) is 0 Å². The minimum absolute atomic E-state index is 0.244. The van der Waals surface area contributed by atoms with Gasteiger partial charge in [-0.25, -0.2) is 4.39 Å². The van der Waals surface area contributed by atoms with Gasteiger partial charge in [0.1, 0.15) is 23.9 Å². The zero-order chi connectivity index (χ0) is 28.9. The Hall–Kier alpha value is -3.38. The summed E-state index contributed by atoms with van der Waals surface area (Å²) in [6.45, 7) is 8.50. The van der Waals surface area contributed by atoms with Crippen LogP contribution in [0.15, 0.2) is 54.6 Å². The van der Waals surface area contributed by atoms with Crippen LogP contribution in [0.5, 0.6) is 11.5 Å². The molecule has 0 aromatic heterocycles. The average molecular weight is 547 g/mol. The minimum Gasteiger partial charge on any atom is -0.497 e. The first-order chi connectivity index (χ1) is 18.9. The first-order valence-electron chi connectivity index (χ1n) is 13.9. The topological polar surface area (TPSA) is 65.0 Å². The fourth-order valence-electron chi connectivity index (χ4n) is 6.85. The van der Waals surface area contributed by atoms with Gasteiger partial charge >= 0.3 is 5.97 Å². The van der Waals surface area contributed by atoms with E-state index in [0.717, 1.165) is 47.3 Å². The molecule has 0 bridgehead atoms. The van der Waals surface area contributed by atoms with Crippen LogP contribution in [-0.4, -0.2) is 25.3 Å². The Morgan fingerprint density at radius 1 is 0.975 bits per heavy atom. The van der Waals surface area contributed by atoms with Gasteiger partial charge in [0.05, 0.1) is 18.6 Å². The largest absolute Gasteiger partial charge is 0.497 e. The fourth-order valence-corrected chi connectivity index (χ4v) is 6.85. The molecule has 0 aliphatic heterocycles. The number of hydrogen-bond donors (Lipinski definition) is 1. The number of aryl methyl sites for hydroxylation is 1. The maximum Gasteiger partial charge on any atom is 0.310 e. The molecule has 1 N–H and O–H groups in total. The van der Waals surface area contributed by atoms with E-state index in [1.807, 2.05) is 31.2 Å². The molecule has 2 aliphatic carbocycles. The van der Waals surface area contributed by atoms with E-state index in [9.17, 15) is 9.90 Å². The van der Waals surface area contributed by atoms with Gasteiger partial charge in [0.15, 0.2) is 0 Å². The van der Waals surface area contributed by atoms with Crippen molar-refractivity contribution in [2.75, 3.05) is 14.2 Å². The lowest BCUT2D eigenvalue weighted by molar-refractivity contribution is -0.162. The van der Waals surface area contributed by atoms with E-state index in [-0.39, 0.29) is 22.8 Å². The standard InChI is InChI=1S/C34H39FO5/c1-32(2,3)30(39-6)27-17-21(7-11-25(27)26-18-23(38-5)10-12-29(26)35)20-40-24-9-8-22-13-14-34(28(22)19-24)16-15-33(34,4)31(36)37/h7-12,17-19,30H,13-16,20H2,1-6H3,(H,36,37)/t30-,33+,34+/m1/s1. The van der Waals surface area contributed by atoms with Crippen LogP contribution in [0.25, 0.3) is 11.1 Å². The molecule has 6 heteroatoms. The van der Waals surface area contributed by atoms with Gasteiger partial charge in [-0.15, -0.1) is 0 Å². The Morgan fingerprint density at radius 3 is 2.35 bits per heavy atom. The maximum absolute atomic E-state index is 15.1. The third kappa shape index (κ3) is 4.56. The second-order valence-corrected chi connectivity index (χ2v) is 12.6. The molecular weight excluding hydrogens is 507 g/mol. The number of fused-ring (bicyclic) bond motifs is 2. The van der Waals surface area contributed by atoms with Gasteiger partial charge in [-0.3, -0.25) is 4.79 Å². The average Bonchev–Trinajstić information content (AvgIpc) is 3.32. The molecule has 3 atom stereocenters. The second kappa shape index (κ2) is 10.2. The van der Waals surface area contributed by atoms with Gasteiger partial charge < -0.3 is 19.3 Å². The van der Waals surface area contributed by atoms with Gasteiger partial charge in [-0.2, -0.15) is 0 Å². The molecule has 0 saturated heterocycles. The predicted molar refractivity (Wildman–Crippen MR) is 153 cm³/mol. The highest BCUT2D eigenvalue weighted by Crippen LogP contribution is 2.64. The molecule has 1 spiro atoms. The highest BCUT2D eigenvalue weighted by atomic mass is 19.1. The SMILES string of the molecule is COc1ccc(F)c(-c2ccc(COc3ccc4c(c3)[C@]3(CC4)CC[C@@]3(C)C(=O)O)cc2[C@@H](OC)C(C)(C)C)c1. The van der Waals surface area contributed by atoms with Gasteiger partial charge in [0.2, 0.25) is 0 Å². The Bertz CT molecular complexity index is 1440. The number of carboxylic acid groups (broad SMARTS) is 1. The van der Waals surface area contributed by atoms with Crippen LogP contribution in [0.1, 0.15) is 75.3 Å². The molecule has 0 radical (unpaired) electrons.